The molecular formula is C22H27N7O4. The number of anilines is 3. The van der Waals surface area contributed by atoms with Crippen LogP contribution in [0.2, 0.25) is 0 Å². The Labute approximate surface area is 190 Å². The second-order valence-electron chi connectivity index (χ2n) is 8.26. The third kappa shape index (κ3) is 4.16. The van der Waals surface area contributed by atoms with E-state index in [-0.39, 0.29) is 29.7 Å². The predicted octanol–water partition coefficient (Wildman–Crippen LogP) is 1.54. The lowest BCUT2D eigenvalue weighted by molar-refractivity contribution is 0.0687. The number of hydrogen-bond acceptors (Lipinski definition) is 8. The first-order valence-corrected chi connectivity index (χ1v) is 11.0. The van der Waals surface area contributed by atoms with Crippen molar-refractivity contribution in [3.63, 3.8) is 0 Å². The minimum absolute atomic E-state index is 0.00417. The number of amides is 1. The van der Waals surface area contributed by atoms with Crippen LogP contribution in [-0.4, -0.2) is 64.6 Å². The van der Waals surface area contributed by atoms with Crippen molar-refractivity contribution < 1.29 is 14.3 Å². The first-order valence-electron chi connectivity index (χ1n) is 11.0. The highest BCUT2D eigenvalue weighted by molar-refractivity contribution is 6.00. The van der Waals surface area contributed by atoms with Crippen molar-refractivity contribution in [3.8, 4) is 0 Å². The largest absolute Gasteiger partial charge is 0.381 e. The molecule has 2 atom stereocenters. The molecule has 11 nitrogen and oxygen atoms in total. The Morgan fingerprint density at radius 1 is 1.30 bits per heavy atom. The van der Waals surface area contributed by atoms with E-state index in [9.17, 15) is 9.59 Å². The molecule has 3 aromatic heterocycles. The quantitative estimate of drug-likeness (QED) is 0.492. The van der Waals surface area contributed by atoms with Crippen LogP contribution in [0.15, 0.2) is 35.4 Å². The van der Waals surface area contributed by atoms with E-state index in [2.05, 4.69) is 26.0 Å². The van der Waals surface area contributed by atoms with Crippen LogP contribution in [0.3, 0.4) is 0 Å². The molecule has 0 radical (unpaired) electrons. The summed E-state index contributed by atoms with van der Waals surface area (Å²) in [7, 11) is 3.39. The molecule has 3 N–H and O–H groups in total. The molecule has 2 fully saturated rings. The number of carbonyl (C=O) groups excluding carboxylic acids is 1. The van der Waals surface area contributed by atoms with Crippen molar-refractivity contribution in [3.05, 3.63) is 46.5 Å². The maximum absolute atomic E-state index is 13.1. The standard InChI is InChI=1S/C22H27N7O4/c1-23-19-11-18(25-15-4-3-7-28(22(15)31)13-5-8-33-9-6-13)27-20-14(12-24-29(19)20)21(30)26-16-10-17(16)32-2/h3-4,7,11-13,16-17,23H,5-6,8-10H2,1-2H3,(H,25,27)(H,26,30)/t16-,17-/m0/s1. The van der Waals surface area contributed by atoms with Gasteiger partial charge in [-0.1, -0.05) is 0 Å². The molecule has 1 aliphatic carbocycles. The van der Waals surface area contributed by atoms with E-state index in [4.69, 9.17) is 9.47 Å². The number of aromatic nitrogens is 4. The number of hydrogen-bond donors (Lipinski definition) is 3. The fraction of sp³-hybridized carbons (Fsp3) is 0.455. The van der Waals surface area contributed by atoms with Gasteiger partial charge in [-0.15, -0.1) is 0 Å². The Hall–Kier alpha value is -3.44. The molecule has 1 saturated heterocycles. The molecule has 11 heteroatoms. The molecule has 1 amide bonds. The number of ether oxygens (including phenoxy) is 2. The highest BCUT2D eigenvalue weighted by atomic mass is 16.5. The van der Waals surface area contributed by atoms with Gasteiger partial charge < -0.3 is 30.0 Å². The van der Waals surface area contributed by atoms with Gasteiger partial charge in [0.25, 0.3) is 11.5 Å². The lowest BCUT2D eigenvalue weighted by Gasteiger charge is -2.24. The maximum Gasteiger partial charge on any atom is 0.274 e. The minimum Gasteiger partial charge on any atom is -0.381 e. The Kier molecular flexibility index (Phi) is 5.73. The van der Waals surface area contributed by atoms with Crippen molar-refractivity contribution in [2.45, 2.75) is 37.5 Å². The Bertz CT molecular complexity index is 1230. The Morgan fingerprint density at radius 2 is 2.12 bits per heavy atom. The normalized spacial score (nSPS) is 20.5. The molecule has 1 saturated carbocycles. The summed E-state index contributed by atoms with van der Waals surface area (Å²) in [6, 6.07) is 5.42. The van der Waals surface area contributed by atoms with Crippen LogP contribution >= 0.6 is 0 Å². The maximum atomic E-state index is 13.1. The van der Waals surface area contributed by atoms with E-state index in [0.717, 1.165) is 19.3 Å². The summed E-state index contributed by atoms with van der Waals surface area (Å²) < 4.78 is 14.0. The summed E-state index contributed by atoms with van der Waals surface area (Å²) in [4.78, 5) is 30.5. The zero-order chi connectivity index (χ0) is 22.9. The van der Waals surface area contributed by atoms with Gasteiger partial charge in [0.05, 0.1) is 18.3 Å². The van der Waals surface area contributed by atoms with Gasteiger partial charge in [-0.3, -0.25) is 9.59 Å². The molecule has 5 rings (SSSR count). The Balaban J connectivity index is 1.45. The fourth-order valence-electron chi connectivity index (χ4n) is 4.19. The molecule has 0 unspecified atom stereocenters. The van der Waals surface area contributed by atoms with E-state index < -0.39 is 0 Å². The zero-order valence-corrected chi connectivity index (χ0v) is 18.6. The van der Waals surface area contributed by atoms with Crippen LogP contribution in [0.5, 0.6) is 0 Å². The highest BCUT2D eigenvalue weighted by Crippen LogP contribution is 2.26. The third-order valence-corrected chi connectivity index (χ3v) is 6.15. The third-order valence-electron chi connectivity index (χ3n) is 6.15. The molecule has 2 aliphatic rings. The van der Waals surface area contributed by atoms with E-state index in [1.165, 1.54) is 6.20 Å². The van der Waals surface area contributed by atoms with Crippen LogP contribution in [0.25, 0.3) is 5.65 Å². The summed E-state index contributed by atoms with van der Waals surface area (Å²) in [5.41, 5.74) is 1.03. The van der Waals surface area contributed by atoms with E-state index in [1.54, 1.807) is 35.4 Å². The van der Waals surface area contributed by atoms with Gasteiger partial charge >= 0.3 is 0 Å². The minimum atomic E-state index is -0.261. The van der Waals surface area contributed by atoms with Crippen LogP contribution in [-0.2, 0) is 9.47 Å². The molecule has 0 bridgehead atoms. The van der Waals surface area contributed by atoms with Crippen molar-refractivity contribution in [1.82, 2.24) is 24.5 Å². The van der Waals surface area contributed by atoms with Crippen molar-refractivity contribution in [1.29, 1.82) is 0 Å². The molecule has 1 aliphatic heterocycles. The SMILES string of the molecule is CNc1cc(Nc2cccn(C3CCOCC3)c2=O)nc2c(C(=O)N[C@H]3C[C@@H]3OC)cnn12. The first-order chi connectivity index (χ1) is 16.1. The van der Waals surface area contributed by atoms with Gasteiger partial charge in [0.2, 0.25) is 0 Å². The van der Waals surface area contributed by atoms with E-state index >= 15 is 0 Å². The van der Waals surface area contributed by atoms with Crippen molar-refractivity contribution in [2.24, 2.45) is 0 Å². The number of carbonyl (C=O) groups is 1. The summed E-state index contributed by atoms with van der Waals surface area (Å²) in [5.74, 6) is 0.802. The summed E-state index contributed by atoms with van der Waals surface area (Å²) in [6.45, 7) is 1.30. The van der Waals surface area contributed by atoms with Crippen LogP contribution in [0, 0.1) is 0 Å². The van der Waals surface area contributed by atoms with E-state index in [1.807, 2.05) is 12.3 Å². The zero-order valence-electron chi connectivity index (χ0n) is 18.6. The van der Waals surface area contributed by atoms with Crippen molar-refractivity contribution >= 4 is 28.9 Å². The van der Waals surface area contributed by atoms with Gasteiger partial charge in [0.1, 0.15) is 22.9 Å². The summed E-state index contributed by atoms with van der Waals surface area (Å²) >= 11 is 0. The molecule has 3 aromatic rings. The second-order valence-corrected chi connectivity index (χ2v) is 8.26. The topological polar surface area (TPSA) is 124 Å². The van der Waals surface area contributed by atoms with Gasteiger partial charge in [-0.05, 0) is 31.4 Å². The van der Waals surface area contributed by atoms with Gasteiger partial charge in [0.15, 0.2) is 5.65 Å². The van der Waals surface area contributed by atoms with Crippen LogP contribution < -0.4 is 21.5 Å². The molecule has 0 spiro atoms. The van der Waals surface area contributed by atoms with Gasteiger partial charge in [-0.25, -0.2) is 4.98 Å². The second kappa shape index (κ2) is 8.83. The number of nitrogens with one attached hydrogen (secondary N) is 3. The number of fused-ring (bicyclic) bond motifs is 1. The average molecular weight is 454 g/mol. The van der Waals surface area contributed by atoms with Crippen LogP contribution in [0.4, 0.5) is 17.3 Å². The van der Waals surface area contributed by atoms with E-state index in [0.29, 0.717) is 41.7 Å². The fourth-order valence-corrected chi connectivity index (χ4v) is 4.19. The average Bonchev–Trinajstić information content (AvgIpc) is 3.45. The highest BCUT2D eigenvalue weighted by Gasteiger charge is 2.39. The number of methoxy groups -OCH3 is 1. The van der Waals surface area contributed by atoms with Crippen LogP contribution in [0.1, 0.15) is 35.7 Å². The molecule has 33 heavy (non-hydrogen) atoms. The lowest BCUT2D eigenvalue weighted by Crippen LogP contribution is -2.29. The Morgan fingerprint density at radius 3 is 2.85 bits per heavy atom. The predicted molar refractivity (Wildman–Crippen MR) is 122 cm³/mol. The molecule has 4 heterocycles. The first kappa shape index (κ1) is 21.4. The molecule has 174 valence electrons. The number of rotatable bonds is 7. The smallest absolute Gasteiger partial charge is 0.274 e. The lowest BCUT2D eigenvalue weighted by atomic mass is 10.1. The molecule has 0 aromatic carbocycles. The summed E-state index contributed by atoms with van der Waals surface area (Å²) in [5, 5.41) is 13.5. The number of pyridine rings is 1. The molecular weight excluding hydrogens is 426 g/mol. The van der Waals surface area contributed by atoms with Gasteiger partial charge in [-0.2, -0.15) is 9.61 Å². The summed E-state index contributed by atoms with van der Waals surface area (Å²) in [6.07, 6.45) is 5.74. The number of nitrogens with zero attached hydrogens (tertiary/aromatic N) is 4. The van der Waals surface area contributed by atoms with Crippen molar-refractivity contribution in [2.75, 3.05) is 38.0 Å². The van der Waals surface area contributed by atoms with Gasteiger partial charge in [0, 0.05) is 45.7 Å². The monoisotopic (exact) mass is 453 g/mol.